The van der Waals surface area contributed by atoms with Gasteiger partial charge in [-0.05, 0) is 24.4 Å². The van der Waals surface area contributed by atoms with Crippen molar-refractivity contribution in [2.24, 2.45) is 5.73 Å². The van der Waals surface area contributed by atoms with Crippen LogP contribution in [0.4, 0.5) is 0 Å². The SMILES string of the molecule is C#CCCC(N)c1snnc1CCC. The van der Waals surface area contributed by atoms with E-state index in [9.17, 15) is 0 Å². The molecule has 1 atom stereocenters. The normalized spacial score (nSPS) is 12.4. The van der Waals surface area contributed by atoms with Crippen molar-refractivity contribution in [2.75, 3.05) is 0 Å². The van der Waals surface area contributed by atoms with E-state index in [4.69, 9.17) is 12.2 Å². The number of nitrogens with two attached hydrogens (primary N) is 1. The van der Waals surface area contributed by atoms with Crippen molar-refractivity contribution in [2.45, 2.75) is 38.6 Å². The minimum atomic E-state index is 0.00704. The molecule has 76 valence electrons. The van der Waals surface area contributed by atoms with Gasteiger partial charge in [-0.25, -0.2) is 0 Å². The summed E-state index contributed by atoms with van der Waals surface area (Å²) in [5.74, 6) is 2.60. The van der Waals surface area contributed by atoms with Gasteiger partial charge in [0, 0.05) is 12.5 Å². The van der Waals surface area contributed by atoms with Gasteiger partial charge in [-0.3, -0.25) is 0 Å². The minimum Gasteiger partial charge on any atom is -0.323 e. The van der Waals surface area contributed by atoms with Crippen molar-refractivity contribution in [3.63, 3.8) is 0 Å². The molecule has 0 saturated heterocycles. The van der Waals surface area contributed by atoms with Crippen LogP contribution in [0.5, 0.6) is 0 Å². The Balaban J connectivity index is 2.64. The van der Waals surface area contributed by atoms with Gasteiger partial charge in [0.2, 0.25) is 0 Å². The maximum Gasteiger partial charge on any atom is 0.0803 e. The van der Waals surface area contributed by atoms with Crippen LogP contribution in [0.15, 0.2) is 0 Å². The Morgan fingerprint density at radius 1 is 1.64 bits per heavy atom. The second kappa shape index (κ2) is 5.74. The molecular weight excluding hydrogens is 194 g/mol. The largest absolute Gasteiger partial charge is 0.323 e. The molecule has 0 aliphatic rings. The number of nitrogens with zero attached hydrogens (tertiary/aromatic N) is 2. The number of rotatable bonds is 5. The fourth-order valence-electron chi connectivity index (χ4n) is 1.28. The molecule has 0 aromatic carbocycles. The molecule has 0 aliphatic heterocycles. The van der Waals surface area contributed by atoms with E-state index in [1.807, 2.05) is 0 Å². The van der Waals surface area contributed by atoms with Gasteiger partial charge in [-0.2, -0.15) is 0 Å². The topological polar surface area (TPSA) is 51.8 Å². The van der Waals surface area contributed by atoms with Gasteiger partial charge in [0.1, 0.15) is 0 Å². The van der Waals surface area contributed by atoms with E-state index in [2.05, 4.69) is 22.4 Å². The maximum atomic E-state index is 5.99. The Morgan fingerprint density at radius 3 is 3.07 bits per heavy atom. The molecule has 14 heavy (non-hydrogen) atoms. The van der Waals surface area contributed by atoms with Crippen LogP contribution in [-0.4, -0.2) is 9.59 Å². The molecule has 1 rings (SSSR count). The number of hydrogen-bond acceptors (Lipinski definition) is 4. The lowest BCUT2D eigenvalue weighted by atomic mass is 10.1. The van der Waals surface area contributed by atoms with Crippen molar-refractivity contribution in [3.05, 3.63) is 10.6 Å². The lowest BCUT2D eigenvalue weighted by Gasteiger charge is -2.07. The number of aromatic nitrogens is 2. The molecule has 0 fully saturated rings. The molecule has 4 heteroatoms. The Hall–Kier alpha value is -0.920. The minimum absolute atomic E-state index is 0.00704. The van der Waals surface area contributed by atoms with Gasteiger partial charge in [0.05, 0.1) is 10.6 Å². The second-order valence-corrected chi connectivity index (χ2v) is 3.97. The molecular formula is C10H15N3S. The van der Waals surface area contributed by atoms with Crippen molar-refractivity contribution < 1.29 is 0 Å². The van der Waals surface area contributed by atoms with E-state index in [1.54, 1.807) is 0 Å². The average molecular weight is 209 g/mol. The van der Waals surface area contributed by atoms with E-state index >= 15 is 0 Å². The third-order valence-corrected chi connectivity index (χ3v) is 2.91. The Labute approximate surface area is 88.9 Å². The first-order valence-corrected chi connectivity index (χ1v) is 5.57. The van der Waals surface area contributed by atoms with Crippen molar-refractivity contribution >= 4 is 11.5 Å². The van der Waals surface area contributed by atoms with E-state index in [0.717, 1.165) is 29.8 Å². The number of aryl methyl sites for hydroxylation is 1. The van der Waals surface area contributed by atoms with Gasteiger partial charge in [-0.15, -0.1) is 17.4 Å². The monoisotopic (exact) mass is 209 g/mol. The van der Waals surface area contributed by atoms with E-state index in [-0.39, 0.29) is 6.04 Å². The highest BCUT2D eigenvalue weighted by Gasteiger charge is 2.14. The van der Waals surface area contributed by atoms with Crippen LogP contribution >= 0.6 is 11.5 Å². The lowest BCUT2D eigenvalue weighted by molar-refractivity contribution is 0.666. The highest BCUT2D eigenvalue weighted by molar-refractivity contribution is 7.05. The molecule has 0 bridgehead atoms. The van der Waals surface area contributed by atoms with Gasteiger partial charge in [0.25, 0.3) is 0 Å². The molecule has 3 nitrogen and oxygen atoms in total. The highest BCUT2D eigenvalue weighted by Crippen LogP contribution is 2.22. The molecule has 0 saturated carbocycles. The molecule has 1 heterocycles. The Morgan fingerprint density at radius 2 is 2.43 bits per heavy atom. The molecule has 1 aromatic heterocycles. The lowest BCUT2D eigenvalue weighted by Crippen LogP contribution is -2.10. The summed E-state index contributed by atoms with van der Waals surface area (Å²) in [6.07, 6.45) is 8.75. The van der Waals surface area contributed by atoms with Crippen LogP contribution in [0.3, 0.4) is 0 Å². The molecule has 1 unspecified atom stereocenters. The van der Waals surface area contributed by atoms with Crippen LogP contribution in [0.1, 0.15) is 42.8 Å². The van der Waals surface area contributed by atoms with E-state index in [0.29, 0.717) is 6.42 Å². The Kier molecular flexibility index (Phi) is 4.57. The first-order chi connectivity index (χ1) is 6.79. The zero-order valence-corrected chi connectivity index (χ0v) is 9.18. The van der Waals surface area contributed by atoms with Gasteiger partial charge < -0.3 is 5.73 Å². The fourth-order valence-corrected chi connectivity index (χ4v) is 2.01. The van der Waals surface area contributed by atoms with E-state index < -0.39 is 0 Å². The molecule has 2 N–H and O–H groups in total. The zero-order valence-electron chi connectivity index (χ0n) is 8.36. The smallest absolute Gasteiger partial charge is 0.0803 e. The zero-order chi connectivity index (χ0) is 10.4. The van der Waals surface area contributed by atoms with E-state index in [1.165, 1.54) is 11.5 Å². The van der Waals surface area contributed by atoms with Crippen LogP contribution in [0, 0.1) is 12.3 Å². The summed E-state index contributed by atoms with van der Waals surface area (Å²) in [6.45, 7) is 2.12. The summed E-state index contributed by atoms with van der Waals surface area (Å²) in [5.41, 5.74) is 7.04. The first-order valence-electron chi connectivity index (χ1n) is 4.79. The quantitative estimate of drug-likeness (QED) is 0.754. The summed E-state index contributed by atoms with van der Waals surface area (Å²) < 4.78 is 3.93. The van der Waals surface area contributed by atoms with Crippen molar-refractivity contribution in [3.8, 4) is 12.3 Å². The van der Waals surface area contributed by atoms with Gasteiger partial charge >= 0.3 is 0 Å². The molecule has 1 aromatic rings. The second-order valence-electron chi connectivity index (χ2n) is 3.18. The summed E-state index contributed by atoms with van der Waals surface area (Å²) in [7, 11) is 0. The van der Waals surface area contributed by atoms with Gasteiger partial charge in [-0.1, -0.05) is 17.8 Å². The predicted molar refractivity (Wildman–Crippen MR) is 58.9 cm³/mol. The molecule has 0 radical (unpaired) electrons. The summed E-state index contributed by atoms with van der Waals surface area (Å²) in [4.78, 5) is 1.10. The van der Waals surface area contributed by atoms with Gasteiger partial charge in [0.15, 0.2) is 0 Å². The molecule has 0 aliphatic carbocycles. The summed E-state index contributed by atoms with van der Waals surface area (Å²) in [6, 6.07) is 0.00704. The third kappa shape index (κ3) is 2.79. The van der Waals surface area contributed by atoms with Crippen LogP contribution < -0.4 is 5.73 Å². The van der Waals surface area contributed by atoms with Crippen LogP contribution in [0.25, 0.3) is 0 Å². The molecule has 0 spiro atoms. The third-order valence-electron chi connectivity index (χ3n) is 2.01. The standard InChI is InChI=1S/C10H15N3S/c1-3-5-7-8(11)10-9(6-4-2)12-13-14-10/h1,8H,4-7,11H2,2H3. The number of terminal acetylenes is 1. The highest BCUT2D eigenvalue weighted by atomic mass is 32.1. The van der Waals surface area contributed by atoms with Crippen molar-refractivity contribution in [1.29, 1.82) is 0 Å². The number of hydrogen-bond donors (Lipinski definition) is 1. The van der Waals surface area contributed by atoms with Crippen molar-refractivity contribution in [1.82, 2.24) is 9.59 Å². The van der Waals surface area contributed by atoms with Crippen LogP contribution in [0.2, 0.25) is 0 Å². The first kappa shape index (κ1) is 11.2. The molecule has 0 amide bonds. The van der Waals surface area contributed by atoms with Crippen LogP contribution in [-0.2, 0) is 6.42 Å². The maximum absolute atomic E-state index is 5.99. The average Bonchev–Trinajstić information content (AvgIpc) is 2.63. The summed E-state index contributed by atoms with van der Waals surface area (Å²) >= 11 is 1.39. The fraction of sp³-hybridized carbons (Fsp3) is 0.600. The summed E-state index contributed by atoms with van der Waals surface area (Å²) in [5, 5.41) is 4.07. The predicted octanol–water partition coefficient (Wildman–Crippen LogP) is 1.90. The Bertz CT molecular complexity index is 313.